The first-order valence-corrected chi connectivity index (χ1v) is 7.80. The topological polar surface area (TPSA) is 73.2 Å². The van der Waals surface area contributed by atoms with Crippen LogP contribution in [0.1, 0.15) is 17.5 Å². The van der Waals surface area contributed by atoms with Crippen LogP contribution in [0.5, 0.6) is 0 Å². The van der Waals surface area contributed by atoms with Crippen LogP contribution < -0.4 is 5.32 Å². The third-order valence-electron chi connectivity index (χ3n) is 3.36. The minimum atomic E-state index is -3.30. The fourth-order valence-corrected chi connectivity index (χ4v) is 3.82. The summed E-state index contributed by atoms with van der Waals surface area (Å²) in [4.78, 5) is 0. The first kappa shape index (κ1) is 16.9. The van der Waals surface area contributed by atoms with Gasteiger partial charge in [-0.3, -0.25) is 0 Å². The molecule has 0 aliphatic carbocycles. The van der Waals surface area contributed by atoms with Crippen LogP contribution in [0.4, 0.5) is 0 Å². The van der Waals surface area contributed by atoms with E-state index in [9.17, 15) is 8.42 Å². The Balaban J connectivity index is 0.00000200. The molecule has 1 aromatic rings. The fraction of sp³-hybridized carbons (Fsp3) is 0.462. The molecule has 0 bridgehead atoms. The van der Waals surface area contributed by atoms with E-state index in [4.69, 9.17) is 5.26 Å². The number of nitrogens with zero attached hydrogens (tertiary/aromatic N) is 2. The predicted molar refractivity (Wildman–Crippen MR) is 80.1 cm³/mol. The Hall–Kier alpha value is -1.13. The zero-order valence-electron chi connectivity index (χ0n) is 11.2. The normalized spacial score (nSPS) is 19.3. The van der Waals surface area contributed by atoms with Crippen molar-refractivity contribution < 1.29 is 8.42 Å². The largest absolute Gasteiger partial charge is 0.316 e. The van der Waals surface area contributed by atoms with Crippen molar-refractivity contribution in [1.82, 2.24) is 9.62 Å². The Morgan fingerprint density at radius 3 is 2.85 bits per heavy atom. The highest BCUT2D eigenvalue weighted by molar-refractivity contribution is 7.88. The molecular weight excluding hydrogens is 298 g/mol. The Morgan fingerprint density at radius 2 is 2.25 bits per heavy atom. The van der Waals surface area contributed by atoms with E-state index in [1.165, 1.54) is 4.31 Å². The maximum Gasteiger partial charge on any atom is 0.218 e. The van der Waals surface area contributed by atoms with Crippen LogP contribution in [0.3, 0.4) is 0 Å². The minimum Gasteiger partial charge on any atom is -0.316 e. The van der Waals surface area contributed by atoms with Crippen molar-refractivity contribution >= 4 is 22.4 Å². The van der Waals surface area contributed by atoms with E-state index in [2.05, 4.69) is 5.32 Å². The SMILES string of the molecule is CNC1CCN(S(=O)(=O)Cc2cccc(C#N)c2)C1.Cl. The second-order valence-corrected chi connectivity index (χ2v) is 6.67. The first-order valence-electron chi connectivity index (χ1n) is 6.19. The summed E-state index contributed by atoms with van der Waals surface area (Å²) in [5.41, 5.74) is 1.15. The van der Waals surface area contributed by atoms with Crippen molar-refractivity contribution in [3.63, 3.8) is 0 Å². The van der Waals surface area contributed by atoms with Gasteiger partial charge < -0.3 is 5.32 Å². The number of hydrogen-bond acceptors (Lipinski definition) is 4. The summed E-state index contributed by atoms with van der Waals surface area (Å²) in [6.07, 6.45) is 0.841. The van der Waals surface area contributed by atoms with Gasteiger partial charge in [0, 0.05) is 19.1 Å². The van der Waals surface area contributed by atoms with Gasteiger partial charge in [-0.25, -0.2) is 12.7 Å². The second kappa shape index (κ2) is 7.04. The van der Waals surface area contributed by atoms with Gasteiger partial charge in [-0.1, -0.05) is 12.1 Å². The molecule has 1 heterocycles. The van der Waals surface area contributed by atoms with Crippen LogP contribution in [-0.2, 0) is 15.8 Å². The number of nitriles is 1. The summed E-state index contributed by atoms with van der Waals surface area (Å²) < 4.78 is 26.1. The Labute approximate surface area is 126 Å². The molecule has 5 nitrogen and oxygen atoms in total. The standard InChI is InChI=1S/C13H17N3O2S.ClH/c1-15-13-5-6-16(9-13)19(17,18)10-12-4-2-3-11(7-12)8-14;/h2-4,7,13,15H,5-6,9-10H2,1H3;1H. The lowest BCUT2D eigenvalue weighted by molar-refractivity contribution is 0.464. The Morgan fingerprint density at radius 1 is 1.50 bits per heavy atom. The maximum atomic E-state index is 12.3. The molecule has 1 saturated heterocycles. The van der Waals surface area contributed by atoms with Crippen molar-refractivity contribution in [3.05, 3.63) is 35.4 Å². The summed E-state index contributed by atoms with van der Waals surface area (Å²) in [6.45, 7) is 1.09. The van der Waals surface area contributed by atoms with Gasteiger partial charge in [-0.15, -0.1) is 12.4 Å². The van der Waals surface area contributed by atoms with Gasteiger partial charge in [0.25, 0.3) is 0 Å². The molecule has 110 valence electrons. The number of nitrogens with one attached hydrogen (secondary N) is 1. The smallest absolute Gasteiger partial charge is 0.218 e. The summed E-state index contributed by atoms with van der Waals surface area (Å²) in [5, 5.41) is 11.9. The molecule has 0 saturated carbocycles. The molecule has 20 heavy (non-hydrogen) atoms. The fourth-order valence-electron chi connectivity index (χ4n) is 2.25. The molecule has 7 heteroatoms. The molecule has 1 N–H and O–H groups in total. The number of sulfonamides is 1. The van der Waals surface area contributed by atoms with Crippen LogP contribution in [0.15, 0.2) is 24.3 Å². The number of halogens is 1. The lowest BCUT2D eigenvalue weighted by Crippen LogP contribution is -2.34. The van der Waals surface area contributed by atoms with Crippen LogP contribution in [-0.4, -0.2) is 38.9 Å². The third kappa shape index (κ3) is 3.93. The molecule has 1 atom stereocenters. The van der Waals surface area contributed by atoms with Crippen molar-refractivity contribution in [2.75, 3.05) is 20.1 Å². The van der Waals surface area contributed by atoms with Crippen molar-refractivity contribution in [1.29, 1.82) is 5.26 Å². The van der Waals surface area contributed by atoms with Crippen LogP contribution in [0.2, 0.25) is 0 Å². The van der Waals surface area contributed by atoms with Crippen LogP contribution >= 0.6 is 12.4 Å². The van der Waals surface area contributed by atoms with E-state index in [0.29, 0.717) is 24.2 Å². The van der Waals surface area contributed by atoms with Crippen molar-refractivity contribution in [2.24, 2.45) is 0 Å². The minimum absolute atomic E-state index is 0. The summed E-state index contributed by atoms with van der Waals surface area (Å²) in [7, 11) is -1.45. The highest BCUT2D eigenvalue weighted by Gasteiger charge is 2.30. The van der Waals surface area contributed by atoms with Gasteiger partial charge in [0.2, 0.25) is 10.0 Å². The van der Waals surface area contributed by atoms with E-state index in [-0.39, 0.29) is 24.2 Å². The summed E-state index contributed by atoms with van der Waals surface area (Å²) in [6, 6.07) is 9.01. The number of rotatable bonds is 4. The number of hydrogen-bond donors (Lipinski definition) is 1. The van der Waals surface area contributed by atoms with Gasteiger partial charge >= 0.3 is 0 Å². The molecule has 0 radical (unpaired) electrons. The molecule has 1 aromatic carbocycles. The van der Waals surface area contributed by atoms with Gasteiger partial charge in [-0.05, 0) is 31.2 Å². The lowest BCUT2D eigenvalue weighted by atomic mass is 10.2. The summed E-state index contributed by atoms with van der Waals surface area (Å²) in [5.74, 6) is -0.0427. The molecule has 2 rings (SSSR count). The van der Waals surface area contributed by atoms with E-state index >= 15 is 0 Å². The quantitative estimate of drug-likeness (QED) is 0.903. The number of benzene rings is 1. The van der Waals surface area contributed by atoms with Gasteiger partial charge in [0.15, 0.2) is 0 Å². The average Bonchev–Trinajstić information content (AvgIpc) is 2.88. The van der Waals surface area contributed by atoms with Gasteiger partial charge in [0.05, 0.1) is 17.4 Å². The molecule has 1 aliphatic rings. The van der Waals surface area contributed by atoms with E-state index < -0.39 is 10.0 Å². The number of likely N-dealkylation sites (N-methyl/N-ethyl adjacent to an activating group) is 1. The maximum absolute atomic E-state index is 12.3. The van der Waals surface area contributed by atoms with E-state index in [1.807, 2.05) is 13.1 Å². The highest BCUT2D eigenvalue weighted by Crippen LogP contribution is 2.18. The van der Waals surface area contributed by atoms with E-state index in [1.54, 1.807) is 24.3 Å². The zero-order valence-corrected chi connectivity index (χ0v) is 12.9. The highest BCUT2D eigenvalue weighted by atomic mass is 35.5. The lowest BCUT2D eigenvalue weighted by Gasteiger charge is -2.16. The molecule has 0 aromatic heterocycles. The molecule has 1 fully saturated rings. The van der Waals surface area contributed by atoms with E-state index in [0.717, 1.165) is 6.42 Å². The van der Waals surface area contributed by atoms with Gasteiger partial charge in [0.1, 0.15) is 0 Å². The van der Waals surface area contributed by atoms with Crippen molar-refractivity contribution in [3.8, 4) is 6.07 Å². The Bertz CT molecular complexity index is 598. The van der Waals surface area contributed by atoms with Crippen LogP contribution in [0.25, 0.3) is 0 Å². The molecule has 0 amide bonds. The summed E-state index contributed by atoms with van der Waals surface area (Å²) >= 11 is 0. The first-order chi connectivity index (χ1) is 9.05. The zero-order chi connectivity index (χ0) is 13.9. The molecule has 1 aliphatic heterocycles. The third-order valence-corrected chi connectivity index (χ3v) is 5.17. The molecule has 1 unspecified atom stereocenters. The molecule has 0 spiro atoms. The monoisotopic (exact) mass is 315 g/mol. The Kier molecular flexibility index (Phi) is 5.96. The predicted octanol–water partition coefficient (Wildman–Crippen LogP) is 1.10. The van der Waals surface area contributed by atoms with Gasteiger partial charge in [-0.2, -0.15) is 5.26 Å². The average molecular weight is 316 g/mol. The second-order valence-electron chi connectivity index (χ2n) is 4.70. The van der Waals surface area contributed by atoms with Crippen molar-refractivity contribution in [2.45, 2.75) is 18.2 Å². The molecular formula is C13H18ClN3O2S. The van der Waals surface area contributed by atoms with Crippen LogP contribution in [0, 0.1) is 11.3 Å².